The maximum absolute atomic E-state index is 11.7. The van der Waals surface area contributed by atoms with Gasteiger partial charge in [-0.3, -0.25) is 10.1 Å². The van der Waals surface area contributed by atoms with Crippen LogP contribution < -0.4 is 10.6 Å². The fourth-order valence-corrected chi connectivity index (χ4v) is 3.05. The number of carbonyl (C=O) groups is 1. The zero-order valence-electron chi connectivity index (χ0n) is 10.5. The summed E-state index contributed by atoms with van der Waals surface area (Å²) >= 11 is 7.83. The van der Waals surface area contributed by atoms with Gasteiger partial charge in [-0.25, -0.2) is 0 Å². The van der Waals surface area contributed by atoms with Crippen LogP contribution in [0.3, 0.4) is 0 Å². The molecule has 0 spiro atoms. The lowest BCUT2D eigenvalue weighted by atomic mass is 10.1. The number of nitrogens with one attached hydrogen (secondary N) is 2. The number of aryl methyl sites for hydroxylation is 1. The summed E-state index contributed by atoms with van der Waals surface area (Å²) in [4.78, 5) is 11.7. The van der Waals surface area contributed by atoms with Gasteiger partial charge in [0.1, 0.15) is 0 Å². The Bertz CT molecular complexity index is 411. The molecule has 3 nitrogen and oxygen atoms in total. The van der Waals surface area contributed by atoms with Gasteiger partial charge in [-0.1, -0.05) is 29.8 Å². The smallest absolute Gasteiger partial charge is 0.238 e. The molecule has 19 heavy (non-hydrogen) atoms. The van der Waals surface area contributed by atoms with E-state index in [4.69, 9.17) is 11.6 Å². The minimum Gasteiger partial charge on any atom is -0.355 e. The summed E-state index contributed by atoms with van der Waals surface area (Å²) in [6.07, 6.45) is 1.81. The van der Waals surface area contributed by atoms with Crippen molar-refractivity contribution in [2.75, 3.05) is 18.2 Å². The highest BCUT2D eigenvalue weighted by molar-refractivity contribution is 7.99. The molecule has 0 unspecified atom stereocenters. The molecular weight excluding hydrogens is 303 g/mol. The van der Waals surface area contributed by atoms with Gasteiger partial charge >= 0.3 is 0 Å². The van der Waals surface area contributed by atoms with Crippen molar-refractivity contribution in [2.45, 2.75) is 18.9 Å². The first-order valence-corrected chi connectivity index (χ1v) is 7.63. The molecule has 0 aromatic heterocycles. The summed E-state index contributed by atoms with van der Waals surface area (Å²) < 4.78 is 0. The Balaban J connectivity index is 0.00000180. The number of benzene rings is 1. The Kier molecular flexibility index (Phi) is 7.61. The third-order valence-corrected chi connectivity index (χ3v) is 4.22. The first-order valence-electron chi connectivity index (χ1n) is 6.09. The number of hydrogen-bond donors (Lipinski definition) is 2. The van der Waals surface area contributed by atoms with Crippen molar-refractivity contribution in [1.29, 1.82) is 0 Å². The Morgan fingerprint density at radius 3 is 2.95 bits per heavy atom. The normalized spacial score (nSPS) is 17.8. The average molecular weight is 321 g/mol. The van der Waals surface area contributed by atoms with Crippen LogP contribution in [0, 0.1) is 0 Å². The van der Waals surface area contributed by atoms with Gasteiger partial charge in [0, 0.05) is 23.2 Å². The fourth-order valence-electron chi connectivity index (χ4n) is 1.88. The molecule has 1 heterocycles. The second kappa shape index (κ2) is 8.69. The van der Waals surface area contributed by atoms with Crippen LogP contribution in [0.25, 0.3) is 0 Å². The molecule has 1 amide bonds. The molecule has 1 aromatic rings. The second-order valence-electron chi connectivity index (χ2n) is 4.26. The monoisotopic (exact) mass is 320 g/mol. The van der Waals surface area contributed by atoms with Gasteiger partial charge < -0.3 is 5.32 Å². The molecule has 0 radical (unpaired) electrons. The molecule has 1 fully saturated rings. The number of thioether (sulfide) groups is 1. The van der Waals surface area contributed by atoms with E-state index in [9.17, 15) is 4.79 Å². The third kappa shape index (κ3) is 5.22. The van der Waals surface area contributed by atoms with Gasteiger partial charge in [0.15, 0.2) is 0 Å². The van der Waals surface area contributed by atoms with Crippen molar-refractivity contribution >= 4 is 41.7 Å². The van der Waals surface area contributed by atoms with Crippen LogP contribution in [-0.4, -0.2) is 30.1 Å². The summed E-state index contributed by atoms with van der Waals surface area (Å²) in [5.74, 6) is 1.85. The fraction of sp³-hybridized carbons (Fsp3) is 0.462. The van der Waals surface area contributed by atoms with Crippen LogP contribution in [-0.2, 0) is 11.2 Å². The zero-order valence-corrected chi connectivity index (χ0v) is 12.9. The number of carbonyl (C=O) groups excluding carboxylic acids is 1. The lowest BCUT2D eigenvalue weighted by molar-refractivity contribution is -0.122. The van der Waals surface area contributed by atoms with E-state index in [0.29, 0.717) is 6.54 Å². The molecule has 2 N–H and O–H groups in total. The molecule has 1 atom stereocenters. The predicted octanol–water partition coefficient (Wildman–Crippen LogP) is 2.47. The van der Waals surface area contributed by atoms with E-state index in [-0.39, 0.29) is 24.4 Å². The van der Waals surface area contributed by atoms with Gasteiger partial charge in [0.2, 0.25) is 5.91 Å². The van der Waals surface area contributed by atoms with Gasteiger partial charge in [0.25, 0.3) is 0 Å². The third-order valence-electron chi connectivity index (χ3n) is 2.91. The molecular formula is C13H18Cl2N2OS. The SMILES string of the molecule is Cl.O=C(NCCCc1ccccc1Cl)[C@H]1CSCN1. The highest BCUT2D eigenvalue weighted by Crippen LogP contribution is 2.16. The summed E-state index contributed by atoms with van der Waals surface area (Å²) in [7, 11) is 0. The molecule has 0 bridgehead atoms. The molecule has 1 aliphatic rings. The van der Waals surface area contributed by atoms with Gasteiger partial charge in [-0.05, 0) is 24.5 Å². The topological polar surface area (TPSA) is 41.1 Å². The van der Waals surface area contributed by atoms with Crippen LogP contribution >= 0.6 is 35.8 Å². The summed E-state index contributed by atoms with van der Waals surface area (Å²) in [5.41, 5.74) is 1.14. The lowest BCUT2D eigenvalue weighted by Crippen LogP contribution is -2.42. The first-order chi connectivity index (χ1) is 8.77. The van der Waals surface area contributed by atoms with E-state index in [2.05, 4.69) is 10.6 Å². The number of halogens is 2. The van der Waals surface area contributed by atoms with Gasteiger partial charge in [0.05, 0.1) is 6.04 Å². The van der Waals surface area contributed by atoms with Crippen molar-refractivity contribution < 1.29 is 4.79 Å². The second-order valence-corrected chi connectivity index (χ2v) is 5.70. The maximum atomic E-state index is 11.7. The van der Waals surface area contributed by atoms with E-state index in [1.165, 1.54) is 0 Å². The highest BCUT2D eigenvalue weighted by Gasteiger charge is 2.21. The quantitative estimate of drug-likeness (QED) is 0.819. The van der Waals surface area contributed by atoms with Crippen LogP contribution in [0.2, 0.25) is 5.02 Å². The average Bonchev–Trinajstić information content (AvgIpc) is 2.90. The van der Waals surface area contributed by atoms with Crippen molar-refractivity contribution in [3.05, 3.63) is 34.9 Å². The Hall–Kier alpha value is -0.420. The molecule has 1 aromatic carbocycles. The Morgan fingerprint density at radius 1 is 1.47 bits per heavy atom. The van der Waals surface area contributed by atoms with Crippen LogP contribution in [0.15, 0.2) is 24.3 Å². The Morgan fingerprint density at radius 2 is 2.26 bits per heavy atom. The molecule has 2 rings (SSSR count). The minimum atomic E-state index is -0.0182. The standard InChI is InChI=1S/C13H17ClN2OS.ClH/c14-11-6-2-1-4-10(11)5-3-7-15-13(17)12-8-18-9-16-12;/h1-2,4,6,12,16H,3,5,7-9H2,(H,15,17);1H/t12-;/m1./s1. The molecule has 0 saturated carbocycles. The minimum absolute atomic E-state index is 0. The van der Waals surface area contributed by atoms with E-state index in [1.807, 2.05) is 24.3 Å². The summed E-state index contributed by atoms with van der Waals surface area (Å²) in [5, 5.41) is 6.91. The predicted molar refractivity (Wildman–Crippen MR) is 84.3 cm³/mol. The van der Waals surface area contributed by atoms with Gasteiger partial charge in [-0.15, -0.1) is 24.2 Å². The molecule has 6 heteroatoms. The van der Waals surface area contributed by atoms with E-state index < -0.39 is 0 Å². The van der Waals surface area contributed by atoms with Crippen molar-refractivity contribution in [3.63, 3.8) is 0 Å². The number of amides is 1. The van der Waals surface area contributed by atoms with Crippen LogP contribution in [0.5, 0.6) is 0 Å². The summed E-state index contributed by atoms with van der Waals surface area (Å²) in [6, 6.07) is 7.82. The van der Waals surface area contributed by atoms with E-state index in [1.54, 1.807) is 11.8 Å². The van der Waals surface area contributed by atoms with Crippen molar-refractivity contribution in [1.82, 2.24) is 10.6 Å². The van der Waals surface area contributed by atoms with Crippen LogP contribution in [0.4, 0.5) is 0 Å². The van der Waals surface area contributed by atoms with Crippen molar-refractivity contribution in [3.8, 4) is 0 Å². The zero-order chi connectivity index (χ0) is 12.8. The molecule has 106 valence electrons. The molecule has 0 aliphatic carbocycles. The van der Waals surface area contributed by atoms with Crippen molar-refractivity contribution in [2.24, 2.45) is 0 Å². The van der Waals surface area contributed by atoms with Gasteiger partial charge in [-0.2, -0.15) is 0 Å². The maximum Gasteiger partial charge on any atom is 0.238 e. The van der Waals surface area contributed by atoms with E-state index in [0.717, 1.165) is 35.1 Å². The molecule has 1 aliphatic heterocycles. The molecule has 1 saturated heterocycles. The van der Waals surface area contributed by atoms with E-state index >= 15 is 0 Å². The largest absolute Gasteiger partial charge is 0.355 e. The van der Waals surface area contributed by atoms with Crippen LogP contribution in [0.1, 0.15) is 12.0 Å². The first kappa shape index (κ1) is 16.6. The Labute approximate surface area is 129 Å². The highest BCUT2D eigenvalue weighted by atomic mass is 35.5. The lowest BCUT2D eigenvalue weighted by Gasteiger charge is -2.10. The number of hydrogen-bond acceptors (Lipinski definition) is 3. The summed E-state index contributed by atoms with van der Waals surface area (Å²) in [6.45, 7) is 0.701. The number of rotatable bonds is 5.